The van der Waals surface area contributed by atoms with Crippen molar-refractivity contribution in [2.24, 2.45) is 4.99 Å². The van der Waals surface area contributed by atoms with Crippen LogP contribution in [0.2, 0.25) is 0 Å². The van der Waals surface area contributed by atoms with Gasteiger partial charge < -0.3 is 5.11 Å². The molecule has 0 aromatic rings. The molecule has 18 heavy (non-hydrogen) atoms. The Bertz CT molecular complexity index is 267. The number of hydrogen-bond donors (Lipinski definition) is 1. The van der Waals surface area contributed by atoms with Gasteiger partial charge in [0.2, 0.25) is 0 Å². The highest BCUT2D eigenvalue weighted by Crippen LogP contribution is 2.49. The van der Waals surface area contributed by atoms with Crippen LogP contribution in [0.4, 0.5) is 0 Å². The average molecular weight is 271 g/mol. The SMILES string of the molecule is C=CCCC(O)CS1(CCCCCC)C=NCC1. The second-order valence-corrected chi connectivity index (χ2v) is 8.86. The third-order valence-electron chi connectivity index (χ3n) is 3.56. The first-order valence-corrected chi connectivity index (χ1v) is 9.48. The van der Waals surface area contributed by atoms with E-state index in [-0.39, 0.29) is 6.10 Å². The number of aliphatic hydroxyl groups excluding tert-OH is 1. The minimum absolute atomic E-state index is 0.159. The predicted molar refractivity (Wildman–Crippen MR) is 85.1 cm³/mol. The van der Waals surface area contributed by atoms with E-state index in [9.17, 15) is 5.11 Å². The number of nitrogens with zero attached hydrogens (tertiary/aromatic N) is 1. The van der Waals surface area contributed by atoms with E-state index < -0.39 is 10.0 Å². The number of aliphatic imine (C=N–C) groups is 1. The lowest BCUT2D eigenvalue weighted by Crippen LogP contribution is -2.22. The van der Waals surface area contributed by atoms with Crippen molar-refractivity contribution in [2.75, 3.05) is 23.8 Å². The molecule has 1 aliphatic heterocycles. The quantitative estimate of drug-likeness (QED) is 0.476. The van der Waals surface area contributed by atoms with Gasteiger partial charge in [0.25, 0.3) is 0 Å². The highest BCUT2D eigenvalue weighted by atomic mass is 32.3. The number of unbranched alkanes of at least 4 members (excludes halogenated alkanes) is 3. The summed E-state index contributed by atoms with van der Waals surface area (Å²) in [7, 11) is -0.747. The third kappa shape index (κ3) is 5.57. The molecule has 106 valence electrons. The summed E-state index contributed by atoms with van der Waals surface area (Å²) in [5, 5.41) is 10.1. The number of rotatable bonds is 10. The Hall–Kier alpha value is -0.280. The Morgan fingerprint density at radius 1 is 1.44 bits per heavy atom. The fourth-order valence-corrected chi connectivity index (χ4v) is 5.89. The minimum atomic E-state index is -0.747. The Labute approximate surface area is 114 Å². The molecule has 0 spiro atoms. The molecule has 2 nitrogen and oxygen atoms in total. The van der Waals surface area contributed by atoms with Crippen molar-refractivity contribution in [3.8, 4) is 0 Å². The van der Waals surface area contributed by atoms with E-state index in [1.807, 2.05) is 6.08 Å². The van der Waals surface area contributed by atoms with Gasteiger partial charge >= 0.3 is 0 Å². The first kappa shape index (κ1) is 15.8. The van der Waals surface area contributed by atoms with Gasteiger partial charge in [-0.3, -0.25) is 4.99 Å². The fraction of sp³-hybridized carbons (Fsp3) is 0.800. The van der Waals surface area contributed by atoms with Gasteiger partial charge in [-0.15, -0.1) is 6.58 Å². The molecule has 1 aliphatic rings. The zero-order chi connectivity index (χ0) is 13.3. The highest BCUT2D eigenvalue weighted by molar-refractivity contribution is 8.44. The Balaban J connectivity index is 2.37. The summed E-state index contributed by atoms with van der Waals surface area (Å²) in [6, 6.07) is 0. The summed E-state index contributed by atoms with van der Waals surface area (Å²) in [6.45, 7) is 6.95. The zero-order valence-electron chi connectivity index (χ0n) is 11.8. The molecule has 0 aromatic heterocycles. The van der Waals surface area contributed by atoms with Gasteiger partial charge in [-0.1, -0.05) is 32.3 Å². The van der Waals surface area contributed by atoms with Crippen LogP contribution in [0, 0.1) is 0 Å². The van der Waals surface area contributed by atoms with Gasteiger partial charge in [-0.05, 0) is 25.0 Å². The van der Waals surface area contributed by atoms with Crippen LogP contribution in [0.1, 0.15) is 45.4 Å². The van der Waals surface area contributed by atoms with Crippen LogP contribution >= 0.6 is 10.0 Å². The third-order valence-corrected chi connectivity index (χ3v) is 7.30. The van der Waals surface area contributed by atoms with Crippen LogP contribution in [0.25, 0.3) is 0 Å². The van der Waals surface area contributed by atoms with Crippen LogP contribution in [0.15, 0.2) is 17.6 Å². The Kier molecular flexibility index (Phi) is 7.68. The second kappa shape index (κ2) is 8.76. The summed E-state index contributed by atoms with van der Waals surface area (Å²) in [5.74, 6) is 3.46. The van der Waals surface area contributed by atoms with Crippen LogP contribution in [-0.4, -0.2) is 40.6 Å². The molecule has 1 rings (SSSR count). The smallest absolute Gasteiger partial charge is 0.0622 e. The first-order chi connectivity index (χ1) is 8.72. The summed E-state index contributed by atoms with van der Waals surface area (Å²) in [6.07, 6.45) is 8.79. The lowest BCUT2D eigenvalue weighted by molar-refractivity contribution is 0.190. The summed E-state index contributed by atoms with van der Waals surface area (Å²) >= 11 is 0. The summed E-state index contributed by atoms with van der Waals surface area (Å²) in [5.41, 5.74) is 2.22. The van der Waals surface area contributed by atoms with Gasteiger partial charge in [-0.2, -0.15) is 0 Å². The van der Waals surface area contributed by atoms with Gasteiger partial charge in [0.1, 0.15) is 0 Å². The molecule has 0 amide bonds. The highest BCUT2D eigenvalue weighted by Gasteiger charge is 2.27. The normalized spacial score (nSPS) is 27.9. The number of aliphatic hydroxyl groups is 1. The number of allylic oxidation sites excluding steroid dienone is 1. The van der Waals surface area contributed by atoms with E-state index >= 15 is 0 Å². The van der Waals surface area contributed by atoms with E-state index in [1.54, 1.807) is 0 Å². The second-order valence-electron chi connectivity index (χ2n) is 5.28. The predicted octanol–water partition coefficient (Wildman–Crippen LogP) is 3.74. The fourth-order valence-electron chi connectivity index (χ4n) is 2.46. The first-order valence-electron chi connectivity index (χ1n) is 7.27. The van der Waals surface area contributed by atoms with Crippen LogP contribution in [-0.2, 0) is 0 Å². The van der Waals surface area contributed by atoms with Crippen molar-refractivity contribution in [3.05, 3.63) is 12.7 Å². The van der Waals surface area contributed by atoms with Gasteiger partial charge in [0, 0.05) is 23.6 Å². The largest absolute Gasteiger partial charge is 0.392 e. The molecule has 0 saturated carbocycles. The van der Waals surface area contributed by atoms with Crippen molar-refractivity contribution >= 4 is 15.6 Å². The molecule has 0 aliphatic carbocycles. The van der Waals surface area contributed by atoms with Gasteiger partial charge in [-0.25, -0.2) is 10.0 Å². The lowest BCUT2D eigenvalue weighted by atomic mass is 10.2. The van der Waals surface area contributed by atoms with Gasteiger partial charge in [0.05, 0.1) is 6.10 Å². The van der Waals surface area contributed by atoms with E-state index in [0.29, 0.717) is 0 Å². The minimum Gasteiger partial charge on any atom is -0.392 e. The average Bonchev–Trinajstić information content (AvgIpc) is 2.81. The van der Waals surface area contributed by atoms with E-state index in [0.717, 1.165) is 25.1 Å². The molecule has 3 heteroatoms. The summed E-state index contributed by atoms with van der Waals surface area (Å²) in [4.78, 5) is 4.45. The molecular weight excluding hydrogens is 242 g/mol. The van der Waals surface area contributed by atoms with E-state index in [4.69, 9.17) is 0 Å². The topological polar surface area (TPSA) is 32.6 Å². The molecule has 0 aromatic carbocycles. The standard InChI is InChI=1S/C15H29NOS/c1-3-5-7-8-11-18(12-10-16-14-18)13-15(17)9-6-4-2/h4,14-15,17H,2-3,5-13H2,1H3. The molecule has 0 bridgehead atoms. The van der Waals surface area contributed by atoms with Crippen molar-refractivity contribution in [3.63, 3.8) is 0 Å². The zero-order valence-corrected chi connectivity index (χ0v) is 12.6. The molecule has 0 saturated heterocycles. The molecule has 2 unspecified atom stereocenters. The molecule has 1 N–H and O–H groups in total. The molecule has 0 fully saturated rings. The van der Waals surface area contributed by atoms with Crippen LogP contribution in [0.5, 0.6) is 0 Å². The van der Waals surface area contributed by atoms with Crippen LogP contribution in [0.3, 0.4) is 0 Å². The van der Waals surface area contributed by atoms with E-state index in [2.05, 4.69) is 24.0 Å². The maximum Gasteiger partial charge on any atom is 0.0622 e. The molecule has 2 atom stereocenters. The summed E-state index contributed by atoms with van der Waals surface area (Å²) < 4.78 is 0. The van der Waals surface area contributed by atoms with Crippen LogP contribution < -0.4 is 0 Å². The molecule has 1 heterocycles. The van der Waals surface area contributed by atoms with Crippen molar-refractivity contribution in [2.45, 2.75) is 51.6 Å². The van der Waals surface area contributed by atoms with E-state index in [1.165, 1.54) is 37.2 Å². The van der Waals surface area contributed by atoms with Gasteiger partial charge in [0.15, 0.2) is 0 Å². The lowest BCUT2D eigenvalue weighted by Gasteiger charge is -2.34. The maximum atomic E-state index is 10.1. The van der Waals surface area contributed by atoms with Crippen molar-refractivity contribution < 1.29 is 5.11 Å². The van der Waals surface area contributed by atoms with Crippen molar-refractivity contribution in [1.29, 1.82) is 0 Å². The molecular formula is C15H29NOS. The Morgan fingerprint density at radius 2 is 2.28 bits per heavy atom. The maximum absolute atomic E-state index is 10.1. The molecule has 0 radical (unpaired) electrons. The monoisotopic (exact) mass is 271 g/mol. The Morgan fingerprint density at radius 3 is 2.89 bits per heavy atom. The van der Waals surface area contributed by atoms with Crippen molar-refractivity contribution in [1.82, 2.24) is 0 Å². The number of hydrogen-bond acceptors (Lipinski definition) is 2.